The van der Waals surface area contributed by atoms with E-state index in [0.717, 1.165) is 6.42 Å². The Hall–Kier alpha value is -0.790. The summed E-state index contributed by atoms with van der Waals surface area (Å²) >= 11 is 0. The molecule has 0 fully saturated rings. The minimum Gasteiger partial charge on any atom is -0.481 e. The number of hydrogen-bond acceptors (Lipinski definition) is 1. The Kier molecular flexibility index (Phi) is 5.43. The molecule has 0 unspecified atom stereocenters. The van der Waals surface area contributed by atoms with Crippen LogP contribution in [0.3, 0.4) is 0 Å². The number of hydrogen-bond donors (Lipinski definition) is 1. The van der Waals surface area contributed by atoms with Gasteiger partial charge in [-0.1, -0.05) is 25.5 Å². The summed E-state index contributed by atoms with van der Waals surface area (Å²) in [5.74, 6) is -0.0605. The molecule has 0 bridgehead atoms. The van der Waals surface area contributed by atoms with E-state index in [1.807, 2.05) is 6.08 Å². The molecule has 0 aliphatic heterocycles. The highest BCUT2D eigenvalue weighted by Crippen LogP contribution is 2.10. The number of rotatable bonds is 5. The maximum Gasteiger partial charge on any atom is 0.303 e. The summed E-state index contributed by atoms with van der Waals surface area (Å²) in [7, 11) is 0. The number of allylic oxidation sites excluding steroid dienone is 2. The quantitative estimate of drug-likeness (QED) is 0.644. The Labute approximate surface area is 74.3 Å². The van der Waals surface area contributed by atoms with Crippen molar-refractivity contribution in [2.24, 2.45) is 5.92 Å². The zero-order valence-corrected chi connectivity index (χ0v) is 8.13. The smallest absolute Gasteiger partial charge is 0.303 e. The summed E-state index contributed by atoms with van der Waals surface area (Å²) in [4.78, 5) is 10.2. The molecule has 0 heterocycles. The Morgan fingerprint density at radius 2 is 2.08 bits per heavy atom. The SMILES string of the molecule is CC(=CCCC(=O)O)CC(C)C. The summed E-state index contributed by atoms with van der Waals surface area (Å²) in [6, 6.07) is 0. The van der Waals surface area contributed by atoms with Crippen LogP contribution in [0.25, 0.3) is 0 Å². The second-order valence-electron chi connectivity index (χ2n) is 3.58. The molecule has 0 radical (unpaired) electrons. The van der Waals surface area contributed by atoms with Crippen LogP contribution in [0.5, 0.6) is 0 Å². The molecule has 0 aromatic carbocycles. The van der Waals surface area contributed by atoms with Crippen LogP contribution in [0, 0.1) is 5.92 Å². The predicted octanol–water partition coefficient (Wildman–Crippen LogP) is 2.84. The van der Waals surface area contributed by atoms with Gasteiger partial charge in [0.15, 0.2) is 0 Å². The van der Waals surface area contributed by atoms with E-state index in [1.165, 1.54) is 5.57 Å². The molecule has 0 aliphatic rings. The third-order valence-electron chi connectivity index (χ3n) is 1.58. The van der Waals surface area contributed by atoms with Gasteiger partial charge in [0.05, 0.1) is 0 Å². The molecule has 0 rings (SSSR count). The lowest BCUT2D eigenvalue weighted by Crippen LogP contribution is -1.93. The monoisotopic (exact) mass is 170 g/mol. The van der Waals surface area contributed by atoms with Crippen LogP contribution in [-0.2, 0) is 4.79 Å². The van der Waals surface area contributed by atoms with Crippen LogP contribution in [0.4, 0.5) is 0 Å². The van der Waals surface area contributed by atoms with E-state index in [4.69, 9.17) is 5.11 Å². The lowest BCUT2D eigenvalue weighted by molar-refractivity contribution is -0.136. The maximum absolute atomic E-state index is 10.2. The minimum atomic E-state index is -0.719. The first-order chi connectivity index (χ1) is 5.52. The molecule has 0 amide bonds. The molecule has 0 aromatic heterocycles. The van der Waals surface area contributed by atoms with Crippen LogP contribution >= 0.6 is 0 Å². The number of aliphatic carboxylic acids is 1. The molecule has 1 N–H and O–H groups in total. The van der Waals surface area contributed by atoms with Gasteiger partial charge in [0.25, 0.3) is 0 Å². The van der Waals surface area contributed by atoms with E-state index < -0.39 is 5.97 Å². The van der Waals surface area contributed by atoms with E-state index in [1.54, 1.807) is 0 Å². The van der Waals surface area contributed by atoms with Gasteiger partial charge < -0.3 is 5.11 Å². The number of carboxylic acid groups (broad SMARTS) is 1. The average Bonchev–Trinajstić information content (AvgIpc) is 1.84. The van der Waals surface area contributed by atoms with Crippen molar-refractivity contribution in [1.29, 1.82) is 0 Å². The van der Waals surface area contributed by atoms with Crippen LogP contribution in [0.15, 0.2) is 11.6 Å². The summed E-state index contributed by atoms with van der Waals surface area (Å²) in [5, 5.41) is 8.38. The standard InChI is InChI=1S/C10H18O2/c1-8(2)7-9(3)5-4-6-10(11)12/h5,8H,4,6-7H2,1-3H3,(H,11,12). The van der Waals surface area contributed by atoms with Crippen molar-refractivity contribution in [3.05, 3.63) is 11.6 Å². The summed E-state index contributed by atoms with van der Waals surface area (Å²) in [6.45, 7) is 6.38. The molecule has 0 aromatic rings. The normalized spacial score (nSPS) is 12.2. The summed E-state index contributed by atoms with van der Waals surface area (Å²) in [5.41, 5.74) is 1.30. The lowest BCUT2D eigenvalue weighted by atomic mass is 10.0. The van der Waals surface area contributed by atoms with Crippen molar-refractivity contribution in [3.8, 4) is 0 Å². The number of carbonyl (C=O) groups is 1. The maximum atomic E-state index is 10.2. The van der Waals surface area contributed by atoms with Crippen LogP contribution in [0.1, 0.15) is 40.0 Å². The molecule has 0 saturated carbocycles. The Balaban J connectivity index is 3.62. The molecule has 0 spiro atoms. The largest absolute Gasteiger partial charge is 0.481 e. The molecule has 0 saturated heterocycles. The third kappa shape index (κ3) is 7.32. The van der Waals surface area contributed by atoms with E-state index in [9.17, 15) is 4.79 Å². The molecule has 70 valence electrons. The van der Waals surface area contributed by atoms with Gasteiger partial charge in [-0.15, -0.1) is 0 Å². The van der Waals surface area contributed by atoms with E-state index >= 15 is 0 Å². The molecule has 12 heavy (non-hydrogen) atoms. The Morgan fingerprint density at radius 1 is 1.50 bits per heavy atom. The van der Waals surface area contributed by atoms with Crippen molar-refractivity contribution < 1.29 is 9.90 Å². The van der Waals surface area contributed by atoms with E-state index in [2.05, 4.69) is 20.8 Å². The zero-order chi connectivity index (χ0) is 9.56. The molecule has 0 aliphatic carbocycles. The second kappa shape index (κ2) is 5.81. The van der Waals surface area contributed by atoms with Gasteiger partial charge in [-0.05, 0) is 25.7 Å². The van der Waals surface area contributed by atoms with Crippen molar-refractivity contribution in [2.75, 3.05) is 0 Å². The van der Waals surface area contributed by atoms with Crippen molar-refractivity contribution in [2.45, 2.75) is 40.0 Å². The van der Waals surface area contributed by atoms with Gasteiger partial charge in [-0.3, -0.25) is 4.79 Å². The minimum absolute atomic E-state index is 0.245. The topological polar surface area (TPSA) is 37.3 Å². The number of carboxylic acids is 1. The summed E-state index contributed by atoms with van der Waals surface area (Å²) in [6.07, 6.45) is 4.00. The molecular weight excluding hydrogens is 152 g/mol. The van der Waals surface area contributed by atoms with Crippen LogP contribution in [-0.4, -0.2) is 11.1 Å². The Bertz CT molecular complexity index is 169. The second-order valence-corrected chi connectivity index (χ2v) is 3.58. The van der Waals surface area contributed by atoms with Gasteiger partial charge in [0.1, 0.15) is 0 Å². The molecular formula is C10H18O2. The third-order valence-corrected chi connectivity index (χ3v) is 1.58. The summed E-state index contributed by atoms with van der Waals surface area (Å²) < 4.78 is 0. The lowest BCUT2D eigenvalue weighted by Gasteiger charge is -2.03. The fraction of sp³-hybridized carbons (Fsp3) is 0.700. The average molecular weight is 170 g/mol. The molecule has 0 atom stereocenters. The van der Waals surface area contributed by atoms with Gasteiger partial charge >= 0.3 is 5.97 Å². The fourth-order valence-corrected chi connectivity index (χ4v) is 1.17. The van der Waals surface area contributed by atoms with Crippen LogP contribution < -0.4 is 0 Å². The van der Waals surface area contributed by atoms with Crippen molar-refractivity contribution in [3.63, 3.8) is 0 Å². The van der Waals surface area contributed by atoms with E-state index in [0.29, 0.717) is 12.3 Å². The van der Waals surface area contributed by atoms with Crippen molar-refractivity contribution >= 4 is 5.97 Å². The first-order valence-corrected chi connectivity index (χ1v) is 4.39. The highest BCUT2D eigenvalue weighted by atomic mass is 16.4. The Morgan fingerprint density at radius 3 is 2.50 bits per heavy atom. The van der Waals surface area contributed by atoms with Gasteiger partial charge in [-0.2, -0.15) is 0 Å². The predicted molar refractivity (Wildman–Crippen MR) is 50.1 cm³/mol. The van der Waals surface area contributed by atoms with Crippen LogP contribution in [0.2, 0.25) is 0 Å². The zero-order valence-electron chi connectivity index (χ0n) is 8.13. The van der Waals surface area contributed by atoms with Gasteiger partial charge in [-0.25, -0.2) is 0 Å². The fourth-order valence-electron chi connectivity index (χ4n) is 1.17. The van der Waals surface area contributed by atoms with E-state index in [-0.39, 0.29) is 6.42 Å². The first-order valence-electron chi connectivity index (χ1n) is 4.39. The highest BCUT2D eigenvalue weighted by Gasteiger charge is 1.97. The van der Waals surface area contributed by atoms with Gasteiger partial charge in [0, 0.05) is 6.42 Å². The highest BCUT2D eigenvalue weighted by molar-refractivity contribution is 5.66. The van der Waals surface area contributed by atoms with Gasteiger partial charge in [0.2, 0.25) is 0 Å². The molecule has 2 heteroatoms. The first kappa shape index (κ1) is 11.2. The van der Waals surface area contributed by atoms with Crippen molar-refractivity contribution in [1.82, 2.24) is 0 Å². The molecule has 2 nitrogen and oxygen atoms in total.